The van der Waals surface area contributed by atoms with Gasteiger partial charge in [-0.1, -0.05) is 25.4 Å². The SMILES string of the molecule is CCOc1cc(CNCCN(CC)CC)c(Cl)cc1OCC(=O)NC(C)(C)C. The van der Waals surface area contributed by atoms with E-state index in [0.717, 1.165) is 31.7 Å². The van der Waals surface area contributed by atoms with E-state index in [1.807, 2.05) is 33.8 Å². The molecule has 0 unspecified atom stereocenters. The Morgan fingerprint density at radius 1 is 1.11 bits per heavy atom. The number of rotatable bonds is 12. The quantitative estimate of drug-likeness (QED) is 0.514. The Morgan fingerprint density at radius 2 is 1.75 bits per heavy atom. The fraction of sp³-hybridized carbons (Fsp3) is 0.667. The molecule has 0 saturated carbocycles. The monoisotopic (exact) mass is 413 g/mol. The molecule has 0 saturated heterocycles. The third-order valence-electron chi connectivity index (χ3n) is 4.10. The minimum atomic E-state index is -0.304. The number of hydrogen-bond donors (Lipinski definition) is 2. The Bertz CT molecular complexity index is 614. The number of nitrogens with zero attached hydrogens (tertiary/aromatic N) is 1. The van der Waals surface area contributed by atoms with Crippen LogP contribution in [0.2, 0.25) is 5.02 Å². The van der Waals surface area contributed by atoms with Gasteiger partial charge in [-0.3, -0.25) is 4.79 Å². The summed E-state index contributed by atoms with van der Waals surface area (Å²) < 4.78 is 11.4. The van der Waals surface area contributed by atoms with Gasteiger partial charge in [0.2, 0.25) is 0 Å². The summed E-state index contributed by atoms with van der Waals surface area (Å²) in [6, 6.07) is 3.60. The molecule has 0 aliphatic carbocycles. The largest absolute Gasteiger partial charge is 0.490 e. The molecule has 1 aromatic carbocycles. The first-order chi connectivity index (χ1) is 13.2. The van der Waals surface area contributed by atoms with E-state index >= 15 is 0 Å². The molecular formula is C21H36ClN3O3. The van der Waals surface area contributed by atoms with Crippen molar-refractivity contribution in [2.75, 3.05) is 39.4 Å². The molecule has 160 valence electrons. The Labute approximate surface area is 174 Å². The normalized spacial score (nSPS) is 11.6. The lowest BCUT2D eigenvalue weighted by atomic mass is 10.1. The van der Waals surface area contributed by atoms with E-state index in [2.05, 4.69) is 29.4 Å². The number of hydrogen-bond acceptors (Lipinski definition) is 5. The van der Waals surface area contributed by atoms with Crippen molar-refractivity contribution >= 4 is 17.5 Å². The topological polar surface area (TPSA) is 62.8 Å². The van der Waals surface area contributed by atoms with Crippen molar-refractivity contribution in [2.45, 2.75) is 53.6 Å². The highest BCUT2D eigenvalue weighted by Gasteiger charge is 2.16. The Morgan fingerprint density at radius 3 is 2.32 bits per heavy atom. The highest BCUT2D eigenvalue weighted by molar-refractivity contribution is 6.31. The number of nitrogens with one attached hydrogen (secondary N) is 2. The van der Waals surface area contributed by atoms with Gasteiger partial charge in [0.15, 0.2) is 18.1 Å². The van der Waals surface area contributed by atoms with Crippen LogP contribution in [0.25, 0.3) is 0 Å². The number of halogens is 1. The minimum absolute atomic E-state index is 0.0882. The predicted molar refractivity (Wildman–Crippen MR) is 116 cm³/mol. The Hall–Kier alpha value is -1.50. The number of benzene rings is 1. The van der Waals surface area contributed by atoms with E-state index in [1.54, 1.807) is 6.07 Å². The number of likely N-dealkylation sites (N-methyl/N-ethyl adjacent to an activating group) is 1. The van der Waals surface area contributed by atoms with E-state index < -0.39 is 0 Å². The van der Waals surface area contributed by atoms with E-state index in [4.69, 9.17) is 21.1 Å². The molecule has 0 fully saturated rings. The molecule has 0 heterocycles. The molecule has 0 bridgehead atoms. The summed E-state index contributed by atoms with van der Waals surface area (Å²) in [6.07, 6.45) is 0. The van der Waals surface area contributed by atoms with Gasteiger partial charge in [0.05, 0.1) is 6.61 Å². The van der Waals surface area contributed by atoms with E-state index in [1.165, 1.54) is 0 Å². The second-order valence-electron chi connectivity index (χ2n) is 7.61. The van der Waals surface area contributed by atoms with Gasteiger partial charge < -0.3 is 25.0 Å². The number of carbonyl (C=O) groups excluding carboxylic acids is 1. The molecule has 1 amide bonds. The lowest BCUT2D eigenvalue weighted by molar-refractivity contribution is -0.124. The molecule has 0 radical (unpaired) electrons. The van der Waals surface area contributed by atoms with Crippen LogP contribution < -0.4 is 20.1 Å². The van der Waals surface area contributed by atoms with E-state index in [9.17, 15) is 4.79 Å². The van der Waals surface area contributed by atoms with Gasteiger partial charge in [0, 0.05) is 36.3 Å². The fourth-order valence-corrected chi connectivity index (χ4v) is 2.91. The zero-order valence-corrected chi connectivity index (χ0v) is 18.9. The van der Waals surface area contributed by atoms with Crippen LogP contribution in [0.1, 0.15) is 47.1 Å². The number of ether oxygens (including phenoxy) is 2. The van der Waals surface area contributed by atoms with Crippen molar-refractivity contribution in [1.82, 2.24) is 15.5 Å². The zero-order valence-electron chi connectivity index (χ0n) is 18.2. The molecular weight excluding hydrogens is 378 g/mol. The van der Waals surface area contributed by atoms with Crippen LogP contribution in [-0.2, 0) is 11.3 Å². The molecule has 0 aliphatic heterocycles. The Kier molecular flexibility index (Phi) is 10.6. The summed E-state index contributed by atoms with van der Waals surface area (Å²) in [4.78, 5) is 14.4. The molecule has 28 heavy (non-hydrogen) atoms. The van der Waals surface area contributed by atoms with Crippen molar-refractivity contribution in [3.63, 3.8) is 0 Å². The Balaban J connectivity index is 2.72. The summed E-state index contributed by atoms with van der Waals surface area (Å²) in [5, 5.41) is 6.88. The highest BCUT2D eigenvalue weighted by atomic mass is 35.5. The minimum Gasteiger partial charge on any atom is -0.490 e. The van der Waals surface area contributed by atoms with Gasteiger partial charge in [-0.05, 0) is 52.4 Å². The molecule has 1 aromatic rings. The molecule has 0 spiro atoms. The fourth-order valence-electron chi connectivity index (χ4n) is 2.69. The average Bonchev–Trinajstić information content (AvgIpc) is 2.61. The third-order valence-corrected chi connectivity index (χ3v) is 4.45. The summed E-state index contributed by atoms with van der Waals surface area (Å²) in [6.45, 7) is 17.0. The maximum absolute atomic E-state index is 12.0. The third kappa shape index (κ3) is 9.13. The molecule has 6 nitrogen and oxygen atoms in total. The van der Waals surface area contributed by atoms with Crippen molar-refractivity contribution in [3.8, 4) is 11.5 Å². The van der Waals surface area contributed by atoms with Gasteiger partial charge in [0.1, 0.15) is 0 Å². The lowest BCUT2D eigenvalue weighted by Crippen LogP contribution is -2.43. The van der Waals surface area contributed by atoms with Gasteiger partial charge >= 0.3 is 0 Å². The van der Waals surface area contributed by atoms with Crippen LogP contribution in [0.15, 0.2) is 12.1 Å². The standard InChI is InChI=1S/C21H36ClN3O3/c1-7-25(8-2)11-10-23-14-16-12-18(27-9-3)19(13-17(16)22)28-15-20(26)24-21(4,5)6/h12-13,23H,7-11,14-15H2,1-6H3,(H,24,26). The molecule has 0 aromatic heterocycles. The van der Waals surface area contributed by atoms with Crippen LogP contribution in [0.5, 0.6) is 11.5 Å². The van der Waals surface area contributed by atoms with Gasteiger partial charge in [-0.15, -0.1) is 0 Å². The van der Waals surface area contributed by atoms with Gasteiger partial charge in [-0.2, -0.15) is 0 Å². The molecule has 7 heteroatoms. The smallest absolute Gasteiger partial charge is 0.258 e. The zero-order chi connectivity index (χ0) is 21.2. The summed E-state index contributed by atoms with van der Waals surface area (Å²) >= 11 is 6.43. The van der Waals surface area contributed by atoms with Crippen LogP contribution in [0.4, 0.5) is 0 Å². The van der Waals surface area contributed by atoms with Gasteiger partial charge in [0.25, 0.3) is 5.91 Å². The molecule has 1 rings (SSSR count). The maximum atomic E-state index is 12.0. The van der Waals surface area contributed by atoms with Crippen LogP contribution in [0, 0.1) is 0 Å². The van der Waals surface area contributed by atoms with E-state index in [0.29, 0.717) is 29.7 Å². The molecule has 0 atom stereocenters. The first kappa shape index (κ1) is 24.5. The van der Waals surface area contributed by atoms with Crippen molar-refractivity contribution in [1.29, 1.82) is 0 Å². The summed E-state index contributed by atoms with van der Waals surface area (Å²) in [5.41, 5.74) is 0.637. The van der Waals surface area contributed by atoms with Crippen molar-refractivity contribution < 1.29 is 14.3 Å². The first-order valence-corrected chi connectivity index (χ1v) is 10.4. The predicted octanol–water partition coefficient (Wildman–Crippen LogP) is 3.46. The molecule has 0 aliphatic rings. The molecule has 2 N–H and O–H groups in total. The summed E-state index contributed by atoms with van der Waals surface area (Å²) in [5.74, 6) is 0.881. The van der Waals surface area contributed by atoms with Crippen LogP contribution >= 0.6 is 11.6 Å². The first-order valence-electron chi connectivity index (χ1n) is 10.0. The van der Waals surface area contributed by atoms with Crippen LogP contribution in [-0.4, -0.2) is 55.7 Å². The highest BCUT2D eigenvalue weighted by Crippen LogP contribution is 2.33. The van der Waals surface area contributed by atoms with Crippen LogP contribution in [0.3, 0.4) is 0 Å². The number of carbonyl (C=O) groups is 1. The van der Waals surface area contributed by atoms with Gasteiger partial charge in [-0.25, -0.2) is 0 Å². The maximum Gasteiger partial charge on any atom is 0.258 e. The average molecular weight is 414 g/mol. The second-order valence-corrected chi connectivity index (χ2v) is 8.02. The van der Waals surface area contributed by atoms with Crippen molar-refractivity contribution in [3.05, 3.63) is 22.7 Å². The van der Waals surface area contributed by atoms with E-state index in [-0.39, 0.29) is 18.1 Å². The second kappa shape index (κ2) is 12.1. The summed E-state index contributed by atoms with van der Waals surface area (Å²) in [7, 11) is 0. The number of amides is 1. The van der Waals surface area contributed by atoms with Crippen molar-refractivity contribution in [2.24, 2.45) is 0 Å². The lowest BCUT2D eigenvalue weighted by Gasteiger charge is -2.21.